The van der Waals surface area contributed by atoms with Gasteiger partial charge in [0.1, 0.15) is 5.75 Å². The van der Waals surface area contributed by atoms with Crippen molar-refractivity contribution in [3.05, 3.63) is 83.4 Å². The van der Waals surface area contributed by atoms with E-state index in [9.17, 15) is 4.79 Å². The maximum atomic E-state index is 13.7. The third kappa shape index (κ3) is 6.22. The number of benzene rings is 3. The second-order valence-electron chi connectivity index (χ2n) is 10.4. The van der Waals surface area contributed by atoms with Crippen molar-refractivity contribution < 1.29 is 19.0 Å². The van der Waals surface area contributed by atoms with E-state index in [-0.39, 0.29) is 5.91 Å². The van der Waals surface area contributed by atoms with Crippen LogP contribution >= 0.6 is 0 Å². The van der Waals surface area contributed by atoms with Gasteiger partial charge in [0.15, 0.2) is 11.5 Å². The van der Waals surface area contributed by atoms with E-state index in [1.165, 1.54) is 11.1 Å². The van der Waals surface area contributed by atoms with E-state index in [2.05, 4.69) is 49.2 Å². The first kappa shape index (κ1) is 28.5. The number of hydrogen-bond donors (Lipinski definition) is 0. The number of carbonyl (C=O) groups excluding carboxylic acids is 1. The minimum atomic E-state index is -0.621. The van der Waals surface area contributed by atoms with Crippen LogP contribution in [0.3, 0.4) is 0 Å². The number of para-hydroxylation sites is 2. The molecule has 0 saturated carbocycles. The smallest absolute Gasteiger partial charge is 0.237 e. The van der Waals surface area contributed by atoms with Gasteiger partial charge in [-0.3, -0.25) is 4.79 Å². The highest BCUT2D eigenvalue weighted by Gasteiger charge is 2.46. The topological polar surface area (TPSA) is 51.2 Å². The Kier molecular flexibility index (Phi) is 9.52. The molecule has 0 bridgehead atoms. The molecule has 4 rings (SSSR count). The minimum absolute atomic E-state index is 0.135. The number of amides is 1. The number of ether oxygens (including phenoxy) is 3. The lowest BCUT2D eigenvalue weighted by atomic mass is 9.69. The number of methoxy groups -OCH3 is 2. The van der Waals surface area contributed by atoms with E-state index in [0.29, 0.717) is 13.0 Å². The van der Waals surface area contributed by atoms with Gasteiger partial charge in [0.2, 0.25) is 5.91 Å². The van der Waals surface area contributed by atoms with Crippen molar-refractivity contribution in [3.63, 3.8) is 0 Å². The highest BCUT2D eigenvalue weighted by Crippen LogP contribution is 2.44. The van der Waals surface area contributed by atoms with Crippen molar-refractivity contribution in [2.45, 2.75) is 44.4 Å². The van der Waals surface area contributed by atoms with E-state index in [1.807, 2.05) is 48.3 Å². The Balaban J connectivity index is 1.31. The van der Waals surface area contributed by atoms with Crippen LogP contribution in [0.15, 0.2) is 66.7 Å². The summed E-state index contributed by atoms with van der Waals surface area (Å²) in [5.41, 5.74) is 3.80. The van der Waals surface area contributed by atoms with Crippen molar-refractivity contribution in [2.75, 3.05) is 52.9 Å². The molecule has 1 atom stereocenters. The van der Waals surface area contributed by atoms with Crippen molar-refractivity contribution in [1.82, 2.24) is 4.90 Å². The van der Waals surface area contributed by atoms with Gasteiger partial charge in [0.25, 0.3) is 0 Å². The summed E-state index contributed by atoms with van der Waals surface area (Å²) in [5, 5.41) is 0. The molecule has 3 aromatic carbocycles. The van der Waals surface area contributed by atoms with Crippen molar-refractivity contribution in [1.29, 1.82) is 0 Å². The van der Waals surface area contributed by atoms with Gasteiger partial charge in [-0.05, 0) is 81.1 Å². The van der Waals surface area contributed by atoms with Crippen molar-refractivity contribution in [3.8, 4) is 17.2 Å². The highest BCUT2D eigenvalue weighted by molar-refractivity contribution is 6.04. The minimum Gasteiger partial charge on any atom is -0.493 e. The highest BCUT2D eigenvalue weighted by atomic mass is 16.5. The molecule has 0 fully saturated rings. The first-order valence-electron chi connectivity index (χ1n) is 13.9. The van der Waals surface area contributed by atoms with Gasteiger partial charge in [-0.25, -0.2) is 0 Å². The molecular weight excluding hydrogens is 488 g/mol. The van der Waals surface area contributed by atoms with Crippen LogP contribution in [0.1, 0.15) is 42.9 Å². The Labute approximate surface area is 233 Å². The van der Waals surface area contributed by atoms with Crippen LogP contribution in [-0.4, -0.2) is 58.8 Å². The van der Waals surface area contributed by atoms with Crippen LogP contribution in [-0.2, 0) is 23.1 Å². The molecule has 1 unspecified atom stereocenters. The zero-order valence-corrected chi connectivity index (χ0v) is 24.0. The third-order valence-electron chi connectivity index (χ3n) is 7.99. The van der Waals surface area contributed by atoms with Gasteiger partial charge in [0, 0.05) is 24.8 Å². The number of carbonyl (C=O) groups is 1. The molecule has 0 N–H and O–H groups in total. The van der Waals surface area contributed by atoms with Gasteiger partial charge >= 0.3 is 0 Å². The normalized spacial score (nSPS) is 16.8. The van der Waals surface area contributed by atoms with Crippen molar-refractivity contribution in [2.24, 2.45) is 0 Å². The predicted molar refractivity (Wildman–Crippen MR) is 157 cm³/mol. The van der Waals surface area contributed by atoms with Crippen LogP contribution in [0.2, 0.25) is 0 Å². The number of nitrogens with zero attached hydrogens (tertiary/aromatic N) is 2. The average molecular weight is 531 g/mol. The fraction of sp³-hybridized carbons (Fsp3) is 0.424. The molecule has 208 valence electrons. The molecule has 0 aromatic heterocycles. The first-order chi connectivity index (χ1) is 18.9. The third-order valence-corrected chi connectivity index (χ3v) is 7.99. The predicted octanol–water partition coefficient (Wildman–Crippen LogP) is 5.90. The molecule has 0 spiro atoms. The summed E-state index contributed by atoms with van der Waals surface area (Å²) in [6, 6.07) is 22.4. The fourth-order valence-corrected chi connectivity index (χ4v) is 5.62. The summed E-state index contributed by atoms with van der Waals surface area (Å²) in [6.07, 6.45) is 4.35. The Bertz CT molecular complexity index is 1260. The quantitative estimate of drug-likeness (QED) is 0.258. The lowest BCUT2D eigenvalue weighted by Crippen LogP contribution is -2.50. The molecule has 6 nitrogen and oxygen atoms in total. The van der Waals surface area contributed by atoms with Gasteiger partial charge in [0.05, 0.1) is 26.2 Å². The van der Waals surface area contributed by atoms with Gasteiger partial charge in [-0.2, -0.15) is 0 Å². The maximum absolute atomic E-state index is 13.7. The molecule has 1 amide bonds. The second-order valence-corrected chi connectivity index (χ2v) is 10.4. The average Bonchev–Trinajstić information content (AvgIpc) is 2.98. The molecule has 0 radical (unpaired) electrons. The van der Waals surface area contributed by atoms with E-state index in [4.69, 9.17) is 14.2 Å². The first-order valence-corrected chi connectivity index (χ1v) is 13.9. The SMILES string of the molecule is CCC1(c2ccccc2OCCCCN(C)CCc2ccc(OC)c(OC)c2)Cc2ccccc2N(C)C1=O. The van der Waals surface area contributed by atoms with Crippen LogP contribution in [0.4, 0.5) is 5.69 Å². The molecule has 1 aliphatic heterocycles. The standard InChI is InChI=1S/C33H42N2O4/c1-6-33(24-26-13-7-9-15-28(26)35(3)32(33)36)27-14-8-10-16-29(27)39-22-12-11-20-34(2)21-19-25-17-18-30(37-4)31(23-25)38-5/h7-10,13-18,23H,6,11-12,19-22,24H2,1-5H3. The second kappa shape index (κ2) is 13.0. The Morgan fingerprint density at radius 1 is 0.897 bits per heavy atom. The molecule has 6 heteroatoms. The number of fused-ring (bicyclic) bond motifs is 1. The van der Waals surface area contributed by atoms with E-state index in [0.717, 1.165) is 67.3 Å². The summed E-state index contributed by atoms with van der Waals surface area (Å²) < 4.78 is 17.1. The summed E-state index contributed by atoms with van der Waals surface area (Å²) >= 11 is 0. The summed E-state index contributed by atoms with van der Waals surface area (Å²) in [7, 11) is 7.37. The lowest BCUT2D eigenvalue weighted by molar-refractivity contribution is -0.124. The van der Waals surface area contributed by atoms with E-state index in [1.54, 1.807) is 14.2 Å². The Morgan fingerprint density at radius 2 is 1.64 bits per heavy atom. The van der Waals surface area contributed by atoms with Gasteiger partial charge in [-0.15, -0.1) is 0 Å². The lowest BCUT2D eigenvalue weighted by Gasteiger charge is -2.41. The number of anilines is 1. The molecule has 0 saturated heterocycles. The summed E-state index contributed by atoms with van der Waals surface area (Å²) in [6.45, 7) is 4.70. The molecule has 3 aromatic rings. The summed E-state index contributed by atoms with van der Waals surface area (Å²) in [5.74, 6) is 2.48. The number of hydrogen-bond acceptors (Lipinski definition) is 5. The Morgan fingerprint density at radius 3 is 2.41 bits per heavy atom. The van der Waals surface area contributed by atoms with Crippen molar-refractivity contribution >= 4 is 11.6 Å². The van der Waals surface area contributed by atoms with Gasteiger partial charge in [-0.1, -0.05) is 49.4 Å². The van der Waals surface area contributed by atoms with E-state index >= 15 is 0 Å². The van der Waals surface area contributed by atoms with E-state index < -0.39 is 5.41 Å². The van der Waals surface area contributed by atoms with Crippen LogP contribution in [0.25, 0.3) is 0 Å². The van der Waals surface area contributed by atoms with Crippen LogP contribution < -0.4 is 19.1 Å². The molecule has 1 heterocycles. The zero-order chi connectivity index (χ0) is 27.8. The fourth-order valence-electron chi connectivity index (χ4n) is 5.62. The monoisotopic (exact) mass is 530 g/mol. The Hall–Kier alpha value is -3.51. The molecule has 39 heavy (non-hydrogen) atoms. The maximum Gasteiger partial charge on any atom is 0.237 e. The van der Waals surface area contributed by atoms with Crippen LogP contribution in [0, 0.1) is 0 Å². The zero-order valence-electron chi connectivity index (χ0n) is 24.0. The largest absolute Gasteiger partial charge is 0.493 e. The van der Waals surface area contributed by atoms with Gasteiger partial charge < -0.3 is 24.0 Å². The number of rotatable bonds is 13. The molecule has 0 aliphatic carbocycles. The molecule has 1 aliphatic rings. The van der Waals surface area contributed by atoms with Crippen LogP contribution in [0.5, 0.6) is 17.2 Å². The number of unbranched alkanes of at least 4 members (excludes halogenated alkanes) is 1. The molecular formula is C33H42N2O4. The number of likely N-dealkylation sites (N-methyl/N-ethyl adjacent to an activating group) is 2. The summed E-state index contributed by atoms with van der Waals surface area (Å²) in [4.78, 5) is 17.9.